The third-order valence-electron chi connectivity index (χ3n) is 6.02. The molecule has 0 aromatic carbocycles. The lowest BCUT2D eigenvalue weighted by Crippen LogP contribution is -2.50. The number of fused-ring (bicyclic) bond motifs is 3. The molecule has 1 N–H and O–H groups in total. The maximum atomic E-state index is 12.7. The van der Waals surface area contributed by atoms with E-state index in [0.29, 0.717) is 11.4 Å². The van der Waals surface area contributed by atoms with Gasteiger partial charge in [-0.15, -0.1) is 0 Å². The summed E-state index contributed by atoms with van der Waals surface area (Å²) in [6, 6.07) is 0.261. The molecule has 0 radical (unpaired) electrons. The summed E-state index contributed by atoms with van der Waals surface area (Å²) in [5.74, 6) is 1.55. The van der Waals surface area contributed by atoms with Crippen molar-refractivity contribution >= 4 is 10.9 Å². The van der Waals surface area contributed by atoms with Crippen molar-refractivity contribution in [1.82, 2.24) is 20.1 Å². The molecule has 5 heterocycles. The van der Waals surface area contributed by atoms with E-state index in [4.69, 9.17) is 1.37 Å². The van der Waals surface area contributed by atoms with Gasteiger partial charge in [0.05, 0.1) is 12.6 Å². The van der Waals surface area contributed by atoms with E-state index >= 15 is 0 Å². The number of nitrogens with one attached hydrogen (secondary N) is 1. The molecule has 22 heavy (non-hydrogen) atoms. The highest BCUT2D eigenvalue weighted by atomic mass is 16.1. The molecule has 0 spiro atoms. The molecule has 1 unspecified atom stereocenters. The summed E-state index contributed by atoms with van der Waals surface area (Å²) < 4.78 is 8.10. The van der Waals surface area contributed by atoms with Gasteiger partial charge in [0, 0.05) is 23.7 Å². The van der Waals surface area contributed by atoms with Gasteiger partial charge >= 0.3 is 0 Å². The number of nitrogens with zero attached hydrogens (tertiary/aromatic N) is 3. The third-order valence-corrected chi connectivity index (χ3v) is 6.02. The van der Waals surface area contributed by atoms with Crippen molar-refractivity contribution in [3.63, 3.8) is 0 Å². The second kappa shape index (κ2) is 4.62. The molecule has 0 saturated carbocycles. The van der Waals surface area contributed by atoms with Crippen molar-refractivity contribution in [2.24, 2.45) is 11.8 Å². The number of aryl methyl sites for hydroxylation is 1. The highest BCUT2D eigenvalue weighted by Gasteiger charge is 2.41. The average molecular weight is 297 g/mol. The van der Waals surface area contributed by atoms with Crippen LogP contribution in [0.5, 0.6) is 0 Å². The van der Waals surface area contributed by atoms with Gasteiger partial charge in [0.1, 0.15) is 0 Å². The second-order valence-electron chi connectivity index (χ2n) is 6.99. The van der Waals surface area contributed by atoms with Crippen molar-refractivity contribution in [2.45, 2.75) is 31.6 Å². The van der Waals surface area contributed by atoms with E-state index in [1.54, 1.807) is 0 Å². The summed E-state index contributed by atoms with van der Waals surface area (Å²) in [5, 5.41) is 8.22. The zero-order chi connectivity index (χ0) is 15.6. The number of rotatable bonds is 1. The van der Waals surface area contributed by atoms with Crippen LogP contribution in [0.25, 0.3) is 10.9 Å². The van der Waals surface area contributed by atoms with Gasteiger partial charge in [-0.2, -0.15) is 5.10 Å². The first-order chi connectivity index (χ1) is 11.2. The van der Waals surface area contributed by atoms with Crippen LogP contribution < -0.4 is 5.56 Å². The van der Waals surface area contributed by atoms with Crippen molar-refractivity contribution in [3.8, 4) is 0 Å². The molecule has 3 saturated heterocycles. The fraction of sp³-hybridized carbons (Fsp3) is 0.588. The Morgan fingerprint density at radius 3 is 2.95 bits per heavy atom. The van der Waals surface area contributed by atoms with Crippen LogP contribution in [0.15, 0.2) is 17.0 Å². The Morgan fingerprint density at radius 2 is 2.18 bits per heavy atom. The Hall–Kier alpha value is -1.75. The van der Waals surface area contributed by atoms with Crippen molar-refractivity contribution in [2.75, 3.05) is 19.6 Å². The molecule has 3 fully saturated rings. The Kier molecular flexibility index (Phi) is 2.47. The van der Waals surface area contributed by atoms with Gasteiger partial charge in [-0.3, -0.25) is 9.89 Å². The predicted molar refractivity (Wildman–Crippen MR) is 83.9 cm³/mol. The maximum Gasteiger partial charge on any atom is 0.273 e. The molecule has 114 valence electrons. The minimum Gasteiger partial charge on any atom is -0.303 e. The highest BCUT2D eigenvalue weighted by molar-refractivity contribution is 5.85. The fourth-order valence-electron chi connectivity index (χ4n) is 4.96. The van der Waals surface area contributed by atoms with E-state index in [1.807, 2.05) is 0 Å². The van der Waals surface area contributed by atoms with Crippen LogP contribution in [0.1, 0.15) is 37.8 Å². The van der Waals surface area contributed by atoms with Crippen LogP contribution >= 0.6 is 0 Å². The summed E-state index contributed by atoms with van der Waals surface area (Å²) in [6.45, 7) is 3.53. The Balaban J connectivity index is 1.72. The Morgan fingerprint density at radius 1 is 1.32 bits per heavy atom. The molecule has 3 aliphatic heterocycles. The van der Waals surface area contributed by atoms with Crippen LogP contribution in [-0.4, -0.2) is 39.7 Å². The Labute approximate surface area is 130 Å². The van der Waals surface area contributed by atoms with E-state index in [9.17, 15) is 4.79 Å². The topological polar surface area (TPSA) is 61.9 Å². The fourth-order valence-corrected chi connectivity index (χ4v) is 4.96. The normalized spacial score (nSPS) is 33.9. The molecule has 2 aromatic rings. The third kappa shape index (κ3) is 1.72. The first-order valence-corrected chi connectivity index (χ1v) is 8.31. The van der Waals surface area contributed by atoms with Crippen LogP contribution in [0.2, 0.25) is 0 Å². The van der Waals surface area contributed by atoms with Crippen LogP contribution in [0.3, 0.4) is 0 Å². The zero-order valence-electron chi connectivity index (χ0n) is 13.5. The molecular weight excluding hydrogens is 276 g/mol. The molecular formula is C17H20N4O. The highest BCUT2D eigenvalue weighted by Crippen LogP contribution is 2.45. The monoisotopic (exact) mass is 297 g/mol. The standard InChI is InChI=1S/C17H20N4O/c22-17-15-11(12-9-21-7-4-10(12)5-8-21)1-2-13-16(15)14(20-19-13)3-6-18-17/h3,6,10-12,20H,1-2,4-5,7-9H2/t11-,12?/m0/s1/i3D. The minimum atomic E-state index is -0.155. The van der Waals surface area contributed by atoms with Crippen molar-refractivity contribution < 1.29 is 1.37 Å². The minimum absolute atomic E-state index is 0.155. The van der Waals surface area contributed by atoms with E-state index in [0.717, 1.165) is 41.9 Å². The number of hydrogen-bond donors (Lipinski definition) is 1. The number of hydrogen-bond acceptors (Lipinski definition) is 4. The summed E-state index contributed by atoms with van der Waals surface area (Å²) in [7, 11) is 0. The molecule has 0 amide bonds. The largest absolute Gasteiger partial charge is 0.303 e. The van der Waals surface area contributed by atoms with E-state index in [-0.39, 0.29) is 17.5 Å². The molecule has 2 bridgehead atoms. The molecule has 1 aliphatic carbocycles. The second-order valence-corrected chi connectivity index (χ2v) is 6.99. The summed E-state index contributed by atoms with van der Waals surface area (Å²) in [6.07, 6.45) is 5.76. The maximum absolute atomic E-state index is 12.7. The van der Waals surface area contributed by atoms with E-state index < -0.39 is 0 Å². The van der Waals surface area contributed by atoms with Crippen LogP contribution in [-0.2, 0) is 6.42 Å². The first-order valence-electron chi connectivity index (χ1n) is 8.81. The quantitative estimate of drug-likeness (QED) is 0.870. The lowest BCUT2D eigenvalue weighted by molar-refractivity contribution is 0.0345. The smallest absolute Gasteiger partial charge is 0.273 e. The van der Waals surface area contributed by atoms with Gasteiger partial charge in [-0.25, -0.2) is 4.98 Å². The lowest BCUT2D eigenvalue weighted by atomic mass is 9.67. The average Bonchev–Trinajstić information content (AvgIpc) is 2.98. The van der Waals surface area contributed by atoms with Crippen molar-refractivity contribution in [1.29, 1.82) is 0 Å². The summed E-state index contributed by atoms with van der Waals surface area (Å²) >= 11 is 0. The van der Waals surface area contributed by atoms with Gasteiger partial charge < -0.3 is 4.90 Å². The summed E-state index contributed by atoms with van der Waals surface area (Å²) in [5.41, 5.74) is 2.29. The zero-order valence-corrected chi connectivity index (χ0v) is 12.5. The SMILES string of the molecule is [2H]c1cnc(=O)c2c3c(n[nH]c13)CC[C@H]2C1CN2CCC1CC2. The number of H-pyrrole nitrogens is 1. The van der Waals surface area contributed by atoms with Gasteiger partial charge in [0.15, 0.2) is 0 Å². The lowest BCUT2D eigenvalue weighted by Gasteiger charge is -2.48. The summed E-state index contributed by atoms with van der Waals surface area (Å²) in [4.78, 5) is 19.3. The first kappa shape index (κ1) is 11.8. The van der Waals surface area contributed by atoms with Gasteiger partial charge in [-0.1, -0.05) is 0 Å². The van der Waals surface area contributed by atoms with Crippen LogP contribution in [0, 0.1) is 11.8 Å². The van der Waals surface area contributed by atoms with Gasteiger partial charge in [-0.05, 0) is 62.6 Å². The Bertz CT molecular complexity index is 840. The van der Waals surface area contributed by atoms with Crippen molar-refractivity contribution in [3.05, 3.63) is 33.9 Å². The van der Waals surface area contributed by atoms with Gasteiger partial charge in [0.2, 0.25) is 0 Å². The molecule has 2 atom stereocenters. The van der Waals surface area contributed by atoms with Gasteiger partial charge in [0.25, 0.3) is 5.56 Å². The molecule has 5 heteroatoms. The molecule has 2 aromatic heterocycles. The number of aromatic amines is 1. The molecule has 6 rings (SSSR count). The predicted octanol–water partition coefficient (Wildman–Crippen LogP) is 1.69. The molecule has 5 nitrogen and oxygen atoms in total. The molecule has 4 aliphatic rings. The van der Waals surface area contributed by atoms with E-state index in [2.05, 4.69) is 20.1 Å². The number of piperidine rings is 3. The van der Waals surface area contributed by atoms with E-state index in [1.165, 1.54) is 32.1 Å². The van der Waals surface area contributed by atoms with Crippen LogP contribution in [0.4, 0.5) is 0 Å². The number of aromatic nitrogens is 3.